The lowest BCUT2D eigenvalue weighted by atomic mass is 10.1. The standard InChI is InChI=1S/C22H30FN5O2/c1-2-24-22(27-13-15-30-21(16-27)20-4-3-14-29-20)25-11-9-18-10-12-28(26-18)19-7-5-17(23)6-8-19/h5-8,10,12,20-21H,2-4,9,11,13-16H2,1H3,(H,24,25). The number of aliphatic imine (C=N–C) groups is 1. The van der Waals surface area contributed by atoms with Crippen LogP contribution in [0.1, 0.15) is 25.5 Å². The van der Waals surface area contributed by atoms with Crippen LogP contribution in [0.2, 0.25) is 0 Å². The summed E-state index contributed by atoms with van der Waals surface area (Å²) < 4.78 is 26.7. The highest BCUT2D eigenvalue weighted by Crippen LogP contribution is 2.21. The maximum Gasteiger partial charge on any atom is 0.194 e. The summed E-state index contributed by atoms with van der Waals surface area (Å²) in [4.78, 5) is 7.10. The molecule has 2 aromatic rings. The zero-order valence-electron chi connectivity index (χ0n) is 17.5. The maximum atomic E-state index is 13.1. The molecule has 2 saturated heterocycles. The van der Waals surface area contributed by atoms with Crippen molar-refractivity contribution in [2.45, 2.75) is 38.4 Å². The third-order valence-corrected chi connectivity index (χ3v) is 5.47. The number of ether oxygens (including phenoxy) is 2. The van der Waals surface area contributed by atoms with Gasteiger partial charge < -0.3 is 19.7 Å². The number of hydrogen-bond acceptors (Lipinski definition) is 4. The van der Waals surface area contributed by atoms with Gasteiger partial charge in [-0.2, -0.15) is 5.10 Å². The summed E-state index contributed by atoms with van der Waals surface area (Å²) in [5, 5.41) is 7.99. The molecule has 0 saturated carbocycles. The highest BCUT2D eigenvalue weighted by molar-refractivity contribution is 5.80. The predicted molar refractivity (Wildman–Crippen MR) is 113 cm³/mol. The molecular weight excluding hydrogens is 385 g/mol. The first-order chi connectivity index (χ1) is 14.7. The van der Waals surface area contributed by atoms with Crippen LogP contribution in [0.4, 0.5) is 4.39 Å². The molecule has 3 heterocycles. The number of hydrogen-bond donors (Lipinski definition) is 1. The van der Waals surface area contributed by atoms with Crippen molar-refractivity contribution in [3.8, 4) is 5.69 Å². The molecule has 0 bridgehead atoms. The van der Waals surface area contributed by atoms with E-state index in [4.69, 9.17) is 14.5 Å². The predicted octanol–water partition coefficient (Wildman–Crippen LogP) is 2.40. The average Bonchev–Trinajstić information content (AvgIpc) is 3.46. The monoisotopic (exact) mass is 415 g/mol. The minimum absolute atomic E-state index is 0.108. The van der Waals surface area contributed by atoms with Gasteiger partial charge in [0, 0.05) is 45.4 Å². The minimum Gasteiger partial charge on any atom is -0.375 e. The lowest BCUT2D eigenvalue weighted by Crippen LogP contribution is -2.53. The van der Waals surface area contributed by atoms with Crippen molar-refractivity contribution in [3.63, 3.8) is 0 Å². The van der Waals surface area contributed by atoms with Crippen LogP contribution in [0.5, 0.6) is 0 Å². The molecule has 1 aromatic heterocycles. The van der Waals surface area contributed by atoms with Crippen molar-refractivity contribution in [1.29, 1.82) is 0 Å². The quantitative estimate of drug-likeness (QED) is 0.580. The van der Waals surface area contributed by atoms with Crippen LogP contribution >= 0.6 is 0 Å². The fraction of sp³-hybridized carbons (Fsp3) is 0.545. The number of halogens is 1. The van der Waals surface area contributed by atoms with Crippen LogP contribution < -0.4 is 5.32 Å². The summed E-state index contributed by atoms with van der Waals surface area (Å²) in [5.74, 6) is 0.669. The van der Waals surface area contributed by atoms with Crippen LogP contribution in [0.15, 0.2) is 41.5 Å². The Kier molecular flexibility index (Phi) is 6.96. The Morgan fingerprint density at radius 2 is 2.03 bits per heavy atom. The van der Waals surface area contributed by atoms with Gasteiger partial charge in [0.15, 0.2) is 5.96 Å². The third-order valence-electron chi connectivity index (χ3n) is 5.47. The fourth-order valence-electron chi connectivity index (χ4n) is 3.92. The van der Waals surface area contributed by atoms with Gasteiger partial charge in [0.05, 0.1) is 24.1 Å². The molecule has 162 valence electrons. The van der Waals surface area contributed by atoms with Crippen molar-refractivity contribution >= 4 is 5.96 Å². The van der Waals surface area contributed by atoms with E-state index in [2.05, 4.69) is 22.2 Å². The Bertz CT molecular complexity index is 832. The van der Waals surface area contributed by atoms with Crippen LogP contribution in [0.3, 0.4) is 0 Å². The van der Waals surface area contributed by atoms with E-state index in [1.54, 1.807) is 16.8 Å². The molecule has 2 fully saturated rings. The third kappa shape index (κ3) is 5.17. The Balaban J connectivity index is 1.35. The molecule has 0 amide bonds. The summed E-state index contributed by atoms with van der Waals surface area (Å²) in [5.41, 5.74) is 1.80. The normalized spacial score (nSPS) is 22.5. The van der Waals surface area contributed by atoms with E-state index < -0.39 is 0 Å². The number of morpholine rings is 1. The summed E-state index contributed by atoms with van der Waals surface area (Å²) >= 11 is 0. The molecule has 2 unspecified atom stereocenters. The van der Waals surface area contributed by atoms with Crippen molar-refractivity contribution in [2.75, 3.05) is 39.4 Å². The SMILES string of the molecule is CCNC(=NCCc1ccn(-c2ccc(F)cc2)n1)N1CCOC(C2CCCO2)C1. The van der Waals surface area contributed by atoms with Gasteiger partial charge in [-0.25, -0.2) is 9.07 Å². The number of guanidine groups is 1. The van der Waals surface area contributed by atoms with Gasteiger partial charge in [-0.1, -0.05) is 0 Å². The van der Waals surface area contributed by atoms with Gasteiger partial charge in [0.1, 0.15) is 11.9 Å². The molecule has 0 spiro atoms. The summed E-state index contributed by atoms with van der Waals surface area (Å²) in [7, 11) is 0. The largest absolute Gasteiger partial charge is 0.375 e. The smallest absolute Gasteiger partial charge is 0.194 e. The van der Waals surface area contributed by atoms with E-state index >= 15 is 0 Å². The van der Waals surface area contributed by atoms with Crippen LogP contribution in [-0.2, 0) is 15.9 Å². The van der Waals surface area contributed by atoms with Gasteiger partial charge in [0.25, 0.3) is 0 Å². The maximum absolute atomic E-state index is 13.1. The van der Waals surface area contributed by atoms with E-state index in [0.717, 1.165) is 62.8 Å². The van der Waals surface area contributed by atoms with Gasteiger partial charge >= 0.3 is 0 Å². The highest BCUT2D eigenvalue weighted by atomic mass is 19.1. The first kappa shape index (κ1) is 20.8. The molecule has 7 nitrogen and oxygen atoms in total. The first-order valence-corrected chi connectivity index (χ1v) is 10.8. The summed E-state index contributed by atoms with van der Waals surface area (Å²) in [6.07, 6.45) is 5.13. The second-order valence-electron chi connectivity index (χ2n) is 7.62. The topological polar surface area (TPSA) is 63.9 Å². The number of aromatic nitrogens is 2. The molecule has 0 aliphatic carbocycles. The lowest BCUT2D eigenvalue weighted by Gasteiger charge is -2.37. The minimum atomic E-state index is -0.249. The van der Waals surface area contributed by atoms with Gasteiger partial charge in [-0.05, 0) is 50.1 Å². The van der Waals surface area contributed by atoms with E-state index in [0.29, 0.717) is 13.2 Å². The van der Waals surface area contributed by atoms with Crippen molar-refractivity contribution in [2.24, 2.45) is 4.99 Å². The molecule has 8 heteroatoms. The van der Waals surface area contributed by atoms with Crippen molar-refractivity contribution in [3.05, 3.63) is 48.0 Å². The van der Waals surface area contributed by atoms with E-state index in [-0.39, 0.29) is 18.0 Å². The Morgan fingerprint density at radius 1 is 1.20 bits per heavy atom. The molecule has 4 rings (SSSR count). The molecule has 30 heavy (non-hydrogen) atoms. The summed E-state index contributed by atoms with van der Waals surface area (Å²) in [6.45, 7) is 6.70. The van der Waals surface area contributed by atoms with Crippen LogP contribution in [0.25, 0.3) is 5.69 Å². The van der Waals surface area contributed by atoms with Crippen molar-refractivity contribution in [1.82, 2.24) is 20.0 Å². The average molecular weight is 416 g/mol. The van der Waals surface area contributed by atoms with E-state index in [1.165, 1.54) is 12.1 Å². The van der Waals surface area contributed by atoms with Crippen LogP contribution in [-0.4, -0.2) is 72.2 Å². The molecule has 2 aliphatic heterocycles. The zero-order chi connectivity index (χ0) is 20.8. The van der Waals surface area contributed by atoms with E-state index in [9.17, 15) is 4.39 Å². The van der Waals surface area contributed by atoms with Gasteiger partial charge in [-0.3, -0.25) is 4.99 Å². The second-order valence-corrected chi connectivity index (χ2v) is 7.62. The van der Waals surface area contributed by atoms with E-state index in [1.807, 2.05) is 12.3 Å². The number of nitrogens with one attached hydrogen (secondary N) is 1. The van der Waals surface area contributed by atoms with Gasteiger partial charge in [0.2, 0.25) is 0 Å². The molecule has 0 radical (unpaired) electrons. The Morgan fingerprint density at radius 3 is 2.80 bits per heavy atom. The number of benzene rings is 1. The molecule has 2 atom stereocenters. The molecular formula is C22H30FN5O2. The molecule has 1 N–H and O–H groups in total. The Labute approximate surface area is 176 Å². The first-order valence-electron chi connectivity index (χ1n) is 10.8. The van der Waals surface area contributed by atoms with Gasteiger partial charge in [-0.15, -0.1) is 0 Å². The number of rotatable bonds is 6. The number of nitrogens with zero attached hydrogens (tertiary/aromatic N) is 4. The summed E-state index contributed by atoms with van der Waals surface area (Å²) in [6, 6.07) is 8.30. The molecule has 1 aromatic carbocycles. The molecule has 2 aliphatic rings. The van der Waals surface area contributed by atoms with Crippen LogP contribution in [0, 0.1) is 5.82 Å². The lowest BCUT2D eigenvalue weighted by molar-refractivity contribution is -0.0817. The highest BCUT2D eigenvalue weighted by Gasteiger charge is 2.32. The fourth-order valence-corrected chi connectivity index (χ4v) is 3.92. The van der Waals surface area contributed by atoms with Crippen molar-refractivity contribution < 1.29 is 13.9 Å². The zero-order valence-corrected chi connectivity index (χ0v) is 17.5. The second kappa shape index (κ2) is 10.0. The Hall–Kier alpha value is -2.45.